The molecule has 28 heavy (non-hydrogen) atoms. The van der Waals surface area contributed by atoms with Crippen LogP contribution in [-0.2, 0) is 5.41 Å². The number of aromatic nitrogens is 3. The number of halogens is 1. The number of hydrogen-bond acceptors (Lipinski definition) is 4. The van der Waals surface area contributed by atoms with E-state index in [-0.39, 0.29) is 5.41 Å². The molecule has 0 atom stereocenters. The molecule has 2 aromatic heterocycles. The van der Waals surface area contributed by atoms with Crippen molar-refractivity contribution < 1.29 is 4.74 Å². The summed E-state index contributed by atoms with van der Waals surface area (Å²) in [7, 11) is 0. The van der Waals surface area contributed by atoms with Gasteiger partial charge < -0.3 is 15.0 Å². The molecule has 2 heterocycles. The molecule has 0 saturated heterocycles. The largest absolute Gasteiger partial charge is 0.437 e. The fraction of sp³-hybridized carbons (Fsp3) is 0.182. The highest BCUT2D eigenvalue weighted by Gasteiger charge is 2.15. The minimum Gasteiger partial charge on any atom is -0.437 e. The van der Waals surface area contributed by atoms with Crippen LogP contribution in [0.5, 0.6) is 11.6 Å². The number of pyridine rings is 1. The number of imidazole rings is 1. The number of nitrogens with zero attached hydrogens (tertiary/aromatic N) is 2. The Morgan fingerprint density at radius 2 is 1.89 bits per heavy atom. The number of fused-ring (bicyclic) bond motifs is 1. The predicted octanol–water partition coefficient (Wildman–Crippen LogP) is 6.55. The van der Waals surface area contributed by atoms with E-state index in [1.54, 1.807) is 6.20 Å². The van der Waals surface area contributed by atoms with Gasteiger partial charge in [-0.3, -0.25) is 0 Å². The summed E-state index contributed by atoms with van der Waals surface area (Å²) in [6, 6.07) is 17.7. The second kappa shape index (κ2) is 7.28. The Bertz CT molecular complexity index is 1130. The van der Waals surface area contributed by atoms with E-state index in [0.29, 0.717) is 17.6 Å². The quantitative estimate of drug-likeness (QED) is 0.380. The summed E-state index contributed by atoms with van der Waals surface area (Å²) in [5, 5.41) is 3.29. The van der Waals surface area contributed by atoms with E-state index in [9.17, 15) is 0 Å². The molecule has 0 bridgehead atoms. The van der Waals surface area contributed by atoms with Crippen molar-refractivity contribution in [3.63, 3.8) is 0 Å². The van der Waals surface area contributed by atoms with Gasteiger partial charge in [0.2, 0.25) is 11.8 Å². The zero-order valence-corrected chi connectivity index (χ0v) is 17.5. The van der Waals surface area contributed by atoms with Crippen LogP contribution in [-0.4, -0.2) is 15.0 Å². The van der Waals surface area contributed by atoms with Crippen molar-refractivity contribution in [1.29, 1.82) is 0 Å². The zero-order valence-electron chi connectivity index (χ0n) is 16.0. The summed E-state index contributed by atoms with van der Waals surface area (Å²) in [5.74, 6) is 1.83. The van der Waals surface area contributed by atoms with Gasteiger partial charge in [0.25, 0.3) is 0 Å². The smallest absolute Gasteiger partial charge is 0.243 e. The maximum absolute atomic E-state index is 5.96. The number of nitrogens with one attached hydrogen (secondary N) is 2. The third-order valence-electron chi connectivity index (χ3n) is 4.38. The highest BCUT2D eigenvalue weighted by Crippen LogP contribution is 2.31. The molecule has 0 fully saturated rings. The Hall–Kier alpha value is -2.86. The van der Waals surface area contributed by atoms with E-state index in [4.69, 9.17) is 4.74 Å². The maximum Gasteiger partial charge on any atom is 0.243 e. The monoisotopic (exact) mass is 436 g/mol. The molecule has 0 amide bonds. The lowest BCUT2D eigenvalue weighted by Crippen LogP contribution is -2.10. The molecule has 0 radical (unpaired) electrons. The first-order valence-corrected chi connectivity index (χ1v) is 9.83. The predicted molar refractivity (Wildman–Crippen MR) is 117 cm³/mol. The van der Waals surface area contributed by atoms with Gasteiger partial charge in [0.05, 0.1) is 11.0 Å². The lowest BCUT2D eigenvalue weighted by Gasteiger charge is -2.18. The van der Waals surface area contributed by atoms with Gasteiger partial charge >= 0.3 is 0 Å². The van der Waals surface area contributed by atoms with Crippen LogP contribution in [0.25, 0.3) is 11.0 Å². The van der Waals surface area contributed by atoms with Crippen LogP contribution in [0.3, 0.4) is 0 Å². The van der Waals surface area contributed by atoms with Gasteiger partial charge in [0.15, 0.2) is 0 Å². The van der Waals surface area contributed by atoms with Crippen LogP contribution in [0.15, 0.2) is 65.3 Å². The number of H-pyrrole nitrogens is 1. The fourth-order valence-corrected chi connectivity index (χ4v) is 3.25. The number of ether oxygens (including phenoxy) is 1. The number of aromatic amines is 1. The van der Waals surface area contributed by atoms with Gasteiger partial charge in [-0.1, -0.05) is 48.8 Å². The number of anilines is 2. The standard InChI is InChI=1S/C22H21BrN4O/c1-22(2,3)14-9-10-17-19(12-14)27-21(25-17)26-18-8-5-11-24-20(18)28-16-7-4-6-15(23)13-16/h4-13H,1-3H3,(H2,25,26,27). The van der Waals surface area contributed by atoms with E-state index in [1.807, 2.05) is 42.5 Å². The Morgan fingerprint density at radius 3 is 2.68 bits per heavy atom. The third kappa shape index (κ3) is 4.02. The van der Waals surface area contributed by atoms with Crippen molar-refractivity contribution in [3.8, 4) is 11.6 Å². The third-order valence-corrected chi connectivity index (χ3v) is 4.88. The Kier molecular flexibility index (Phi) is 4.81. The van der Waals surface area contributed by atoms with E-state index >= 15 is 0 Å². The van der Waals surface area contributed by atoms with Crippen molar-refractivity contribution in [2.45, 2.75) is 26.2 Å². The van der Waals surface area contributed by atoms with Crippen molar-refractivity contribution in [2.24, 2.45) is 0 Å². The SMILES string of the molecule is CC(C)(C)c1ccc2nc(Nc3cccnc3Oc3cccc(Br)c3)[nH]c2c1. The second-order valence-corrected chi connectivity index (χ2v) is 8.52. The normalized spacial score (nSPS) is 11.6. The van der Waals surface area contributed by atoms with Crippen LogP contribution in [0.4, 0.5) is 11.6 Å². The van der Waals surface area contributed by atoms with Crippen LogP contribution < -0.4 is 10.1 Å². The van der Waals surface area contributed by atoms with Gasteiger partial charge in [-0.15, -0.1) is 0 Å². The van der Waals surface area contributed by atoms with Crippen molar-refractivity contribution in [2.75, 3.05) is 5.32 Å². The van der Waals surface area contributed by atoms with Crippen LogP contribution in [0, 0.1) is 0 Å². The second-order valence-electron chi connectivity index (χ2n) is 7.61. The molecule has 2 aromatic carbocycles. The van der Waals surface area contributed by atoms with Crippen molar-refractivity contribution in [1.82, 2.24) is 15.0 Å². The van der Waals surface area contributed by atoms with Gasteiger partial charge in [-0.25, -0.2) is 9.97 Å². The molecule has 5 nitrogen and oxygen atoms in total. The molecular formula is C22H21BrN4O. The van der Waals surface area contributed by atoms with Crippen LogP contribution in [0.2, 0.25) is 0 Å². The first-order valence-electron chi connectivity index (χ1n) is 9.04. The van der Waals surface area contributed by atoms with Gasteiger partial charge in [0.1, 0.15) is 11.4 Å². The molecule has 0 unspecified atom stereocenters. The average molecular weight is 437 g/mol. The molecule has 6 heteroatoms. The van der Waals surface area contributed by atoms with Crippen LogP contribution >= 0.6 is 15.9 Å². The Morgan fingerprint density at radius 1 is 1.04 bits per heavy atom. The first-order chi connectivity index (χ1) is 13.4. The number of benzene rings is 2. The molecular weight excluding hydrogens is 416 g/mol. The van der Waals surface area contributed by atoms with Gasteiger partial charge in [0, 0.05) is 10.7 Å². The maximum atomic E-state index is 5.96. The molecule has 0 saturated carbocycles. The first kappa shape index (κ1) is 18.5. The van der Waals surface area contributed by atoms with Crippen molar-refractivity contribution in [3.05, 3.63) is 70.8 Å². The molecule has 0 spiro atoms. The summed E-state index contributed by atoms with van der Waals surface area (Å²) in [6.45, 7) is 6.60. The highest BCUT2D eigenvalue weighted by molar-refractivity contribution is 9.10. The van der Waals surface area contributed by atoms with E-state index in [1.165, 1.54) is 5.56 Å². The molecule has 0 aliphatic carbocycles. The molecule has 2 N–H and O–H groups in total. The van der Waals surface area contributed by atoms with E-state index in [2.05, 4.69) is 69.1 Å². The van der Waals surface area contributed by atoms with E-state index in [0.717, 1.165) is 21.2 Å². The molecule has 4 rings (SSSR count). The number of rotatable bonds is 4. The van der Waals surface area contributed by atoms with Gasteiger partial charge in [-0.2, -0.15) is 0 Å². The summed E-state index contributed by atoms with van der Waals surface area (Å²) in [6.07, 6.45) is 1.70. The van der Waals surface area contributed by atoms with Gasteiger partial charge in [-0.05, 0) is 53.4 Å². The molecule has 142 valence electrons. The zero-order chi connectivity index (χ0) is 19.7. The lowest BCUT2D eigenvalue weighted by atomic mass is 9.87. The summed E-state index contributed by atoms with van der Waals surface area (Å²) >= 11 is 3.46. The summed E-state index contributed by atoms with van der Waals surface area (Å²) in [4.78, 5) is 12.3. The molecule has 0 aliphatic heterocycles. The summed E-state index contributed by atoms with van der Waals surface area (Å²) in [5.41, 5.74) is 3.98. The Labute approximate surface area is 172 Å². The average Bonchev–Trinajstić information content (AvgIpc) is 3.04. The van der Waals surface area contributed by atoms with Crippen molar-refractivity contribution >= 4 is 38.6 Å². The summed E-state index contributed by atoms with van der Waals surface area (Å²) < 4.78 is 6.90. The topological polar surface area (TPSA) is 62.8 Å². The minimum absolute atomic E-state index is 0.0845. The fourth-order valence-electron chi connectivity index (χ4n) is 2.87. The molecule has 0 aliphatic rings. The minimum atomic E-state index is 0.0845. The van der Waals surface area contributed by atoms with E-state index < -0.39 is 0 Å². The van der Waals surface area contributed by atoms with Crippen LogP contribution in [0.1, 0.15) is 26.3 Å². The lowest BCUT2D eigenvalue weighted by molar-refractivity contribution is 0.465. The highest BCUT2D eigenvalue weighted by atomic mass is 79.9. The Balaban J connectivity index is 1.62. The molecule has 4 aromatic rings. The number of hydrogen-bond donors (Lipinski definition) is 2.